The maximum atomic E-state index is 12.5. The minimum absolute atomic E-state index is 0.177. The Labute approximate surface area is 128 Å². The first kappa shape index (κ1) is 16.0. The number of alkyl halides is 3. The molecule has 0 saturated heterocycles. The molecule has 0 aliphatic carbocycles. The van der Waals surface area contributed by atoms with Gasteiger partial charge in [0.25, 0.3) is 5.91 Å². The van der Waals surface area contributed by atoms with Crippen molar-refractivity contribution in [3.8, 4) is 0 Å². The molecule has 0 saturated carbocycles. The molecule has 1 amide bonds. The Kier molecular flexibility index (Phi) is 5.16. The molecule has 0 aliphatic heterocycles. The van der Waals surface area contributed by atoms with Crippen LogP contribution in [0.5, 0.6) is 0 Å². The number of anilines is 1. The summed E-state index contributed by atoms with van der Waals surface area (Å²) in [6.45, 7) is -0.177. The average Bonchev–Trinajstić information content (AvgIpc) is 2.98. The van der Waals surface area contributed by atoms with Gasteiger partial charge in [-0.2, -0.15) is 18.3 Å². The Balaban J connectivity index is 1.83. The average molecular weight is 327 g/mol. The predicted octanol–water partition coefficient (Wildman–Crippen LogP) is 3.33. The molecule has 8 heteroatoms. The highest BCUT2D eigenvalue weighted by molar-refractivity contribution is 7.11. The molecule has 0 atom stereocenters. The number of rotatable bonds is 5. The van der Waals surface area contributed by atoms with Gasteiger partial charge in [-0.25, -0.2) is 5.43 Å². The Morgan fingerprint density at radius 2 is 2.09 bits per heavy atom. The third kappa shape index (κ3) is 4.88. The third-order valence-electron chi connectivity index (χ3n) is 2.57. The van der Waals surface area contributed by atoms with E-state index >= 15 is 0 Å². The fourth-order valence-electron chi connectivity index (χ4n) is 1.56. The van der Waals surface area contributed by atoms with Gasteiger partial charge in [-0.1, -0.05) is 12.1 Å². The fourth-order valence-corrected chi connectivity index (χ4v) is 2.14. The second-order valence-corrected chi connectivity index (χ2v) is 5.22. The predicted molar refractivity (Wildman–Crippen MR) is 80.0 cm³/mol. The lowest BCUT2D eigenvalue weighted by Gasteiger charge is -2.09. The SMILES string of the molecule is O=C(CNc1cccc(C(F)(F)F)c1)NN=Cc1cccs1. The maximum absolute atomic E-state index is 12.5. The van der Waals surface area contributed by atoms with Gasteiger partial charge in [-0.3, -0.25) is 4.79 Å². The standard InChI is InChI=1S/C14H12F3N3OS/c15-14(16,17)10-3-1-4-11(7-10)18-9-13(21)20-19-8-12-5-2-6-22-12/h1-8,18H,9H2,(H,20,21). The minimum Gasteiger partial charge on any atom is -0.376 e. The van der Waals surface area contributed by atoms with Gasteiger partial charge in [0, 0.05) is 10.6 Å². The summed E-state index contributed by atoms with van der Waals surface area (Å²) in [5.41, 5.74) is 1.73. The monoisotopic (exact) mass is 327 g/mol. The summed E-state index contributed by atoms with van der Waals surface area (Å²) in [6, 6.07) is 8.33. The number of carbonyl (C=O) groups excluding carboxylic acids is 1. The molecule has 1 heterocycles. The molecule has 2 N–H and O–H groups in total. The van der Waals surface area contributed by atoms with Gasteiger partial charge in [0.15, 0.2) is 0 Å². The summed E-state index contributed by atoms with van der Waals surface area (Å²) in [4.78, 5) is 12.4. The van der Waals surface area contributed by atoms with Crippen molar-refractivity contribution in [1.82, 2.24) is 5.43 Å². The van der Waals surface area contributed by atoms with Gasteiger partial charge in [0.05, 0.1) is 18.3 Å². The number of nitrogens with zero attached hydrogens (tertiary/aromatic N) is 1. The van der Waals surface area contributed by atoms with Crippen LogP contribution < -0.4 is 10.7 Å². The zero-order valence-electron chi connectivity index (χ0n) is 11.2. The van der Waals surface area contributed by atoms with Crippen molar-refractivity contribution >= 4 is 29.1 Å². The summed E-state index contributed by atoms with van der Waals surface area (Å²) >= 11 is 1.47. The molecule has 0 unspecified atom stereocenters. The van der Waals surface area contributed by atoms with Crippen LogP contribution in [0.1, 0.15) is 10.4 Å². The van der Waals surface area contributed by atoms with E-state index in [4.69, 9.17) is 0 Å². The molecule has 1 aromatic carbocycles. The Morgan fingerprint density at radius 1 is 1.27 bits per heavy atom. The van der Waals surface area contributed by atoms with Crippen molar-refractivity contribution in [3.05, 3.63) is 52.2 Å². The number of halogens is 3. The molecule has 0 fully saturated rings. The third-order valence-corrected chi connectivity index (χ3v) is 3.37. The minimum atomic E-state index is -4.41. The molecule has 1 aromatic heterocycles. The number of benzene rings is 1. The number of hydrazone groups is 1. The van der Waals surface area contributed by atoms with E-state index in [9.17, 15) is 18.0 Å². The largest absolute Gasteiger partial charge is 0.416 e. The summed E-state index contributed by atoms with van der Waals surface area (Å²) in [5.74, 6) is -0.454. The Bertz CT molecular complexity index is 654. The van der Waals surface area contributed by atoms with Gasteiger partial charge >= 0.3 is 6.18 Å². The molecule has 0 spiro atoms. The number of hydrogen-bond acceptors (Lipinski definition) is 4. The van der Waals surface area contributed by atoms with Crippen molar-refractivity contribution < 1.29 is 18.0 Å². The summed E-state index contributed by atoms with van der Waals surface area (Å²) in [6.07, 6.45) is -2.92. The highest BCUT2D eigenvalue weighted by Gasteiger charge is 2.30. The first-order chi connectivity index (χ1) is 10.4. The van der Waals surface area contributed by atoms with Crippen LogP contribution in [0.2, 0.25) is 0 Å². The molecular formula is C14H12F3N3OS. The molecule has 0 bridgehead atoms. The molecule has 0 radical (unpaired) electrons. The van der Waals surface area contributed by atoms with E-state index in [1.54, 1.807) is 0 Å². The van der Waals surface area contributed by atoms with Crippen LogP contribution in [-0.4, -0.2) is 18.7 Å². The summed E-state index contributed by atoms with van der Waals surface area (Å²) in [7, 11) is 0. The van der Waals surface area contributed by atoms with Gasteiger partial charge in [-0.15, -0.1) is 11.3 Å². The molecule has 2 rings (SSSR count). The Hall–Kier alpha value is -2.35. The van der Waals surface area contributed by atoms with Crippen LogP contribution in [0.15, 0.2) is 46.9 Å². The van der Waals surface area contributed by atoms with Gasteiger partial charge < -0.3 is 5.32 Å². The van der Waals surface area contributed by atoms with E-state index < -0.39 is 17.6 Å². The van der Waals surface area contributed by atoms with E-state index in [1.807, 2.05) is 17.5 Å². The number of nitrogens with one attached hydrogen (secondary N) is 2. The van der Waals surface area contributed by atoms with Crippen LogP contribution in [0.4, 0.5) is 18.9 Å². The highest BCUT2D eigenvalue weighted by atomic mass is 32.1. The van der Waals surface area contributed by atoms with Crippen molar-refractivity contribution in [3.63, 3.8) is 0 Å². The molecule has 0 aliphatic rings. The van der Waals surface area contributed by atoms with E-state index in [0.29, 0.717) is 0 Å². The summed E-state index contributed by atoms with van der Waals surface area (Å²) in [5, 5.41) is 8.24. The van der Waals surface area contributed by atoms with E-state index in [1.165, 1.54) is 29.7 Å². The highest BCUT2D eigenvalue weighted by Crippen LogP contribution is 2.30. The van der Waals surface area contributed by atoms with Crippen molar-refractivity contribution in [2.75, 3.05) is 11.9 Å². The second kappa shape index (κ2) is 7.08. The van der Waals surface area contributed by atoms with E-state index in [0.717, 1.165) is 17.0 Å². The zero-order chi connectivity index (χ0) is 16.0. The first-order valence-electron chi connectivity index (χ1n) is 6.22. The van der Waals surface area contributed by atoms with Crippen LogP contribution >= 0.6 is 11.3 Å². The van der Waals surface area contributed by atoms with Gasteiger partial charge in [0.1, 0.15) is 0 Å². The topological polar surface area (TPSA) is 53.5 Å². The number of hydrogen-bond donors (Lipinski definition) is 2. The van der Waals surface area contributed by atoms with Crippen LogP contribution in [0.3, 0.4) is 0 Å². The smallest absolute Gasteiger partial charge is 0.376 e. The lowest BCUT2D eigenvalue weighted by Crippen LogP contribution is -2.25. The molecule has 4 nitrogen and oxygen atoms in total. The molecule has 116 valence electrons. The van der Waals surface area contributed by atoms with E-state index in [-0.39, 0.29) is 12.2 Å². The quantitative estimate of drug-likeness (QED) is 0.654. The number of thiophene rings is 1. The normalized spacial score (nSPS) is 11.6. The lowest BCUT2D eigenvalue weighted by molar-refractivity contribution is -0.137. The van der Waals surface area contributed by atoms with Crippen molar-refractivity contribution in [2.45, 2.75) is 6.18 Å². The zero-order valence-corrected chi connectivity index (χ0v) is 12.0. The summed E-state index contributed by atoms with van der Waals surface area (Å²) < 4.78 is 37.6. The van der Waals surface area contributed by atoms with Gasteiger partial charge in [0.2, 0.25) is 0 Å². The first-order valence-corrected chi connectivity index (χ1v) is 7.09. The van der Waals surface area contributed by atoms with Gasteiger partial charge in [-0.05, 0) is 29.6 Å². The molecule has 22 heavy (non-hydrogen) atoms. The Morgan fingerprint density at radius 3 is 2.77 bits per heavy atom. The van der Waals surface area contributed by atoms with Crippen LogP contribution in [0, 0.1) is 0 Å². The number of amides is 1. The van der Waals surface area contributed by atoms with E-state index in [2.05, 4.69) is 15.8 Å². The second-order valence-electron chi connectivity index (χ2n) is 4.24. The van der Waals surface area contributed by atoms with Crippen LogP contribution in [-0.2, 0) is 11.0 Å². The molecule has 2 aromatic rings. The fraction of sp³-hybridized carbons (Fsp3) is 0.143. The van der Waals surface area contributed by atoms with Crippen LogP contribution in [0.25, 0.3) is 0 Å². The molecular weight excluding hydrogens is 315 g/mol. The number of carbonyl (C=O) groups is 1. The maximum Gasteiger partial charge on any atom is 0.416 e. The van der Waals surface area contributed by atoms with Crippen molar-refractivity contribution in [2.24, 2.45) is 5.10 Å². The lowest BCUT2D eigenvalue weighted by atomic mass is 10.2. The van der Waals surface area contributed by atoms with Crippen molar-refractivity contribution in [1.29, 1.82) is 0 Å².